The smallest absolute Gasteiger partial charge is 0.134 e. The predicted octanol–water partition coefficient (Wildman–Crippen LogP) is 2.67. The molecule has 0 spiro atoms. The maximum Gasteiger partial charge on any atom is 0.134 e. The van der Waals surface area contributed by atoms with Gasteiger partial charge in [0.15, 0.2) is 0 Å². The Hall–Kier alpha value is -1.32. The van der Waals surface area contributed by atoms with Crippen LogP contribution >= 0.6 is 0 Å². The third-order valence-electron chi connectivity index (χ3n) is 3.01. The molecule has 1 aromatic heterocycles. The molecule has 0 radical (unpaired) electrons. The van der Waals surface area contributed by atoms with Gasteiger partial charge in [-0.05, 0) is 18.8 Å². The van der Waals surface area contributed by atoms with Crippen molar-refractivity contribution in [2.75, 3.05) is 24.2 Å². The Bertz CT molecular complexity index is 347. The molecule has 1 aromatic rings. The zero-order valence-corrected chi connectivity index (χ0v) is 10.9. The molecular formula is C12H22N4. The van der Waals surface area contributed by atoms with Crippen LogP contribution < -0.4 is 10.6 Å². The van der Waals surface area contributed by atoms with Gasteiger partial charge in [0, 0.05) is 19.2 Å². The van der Waals surface area contributed by atoms with Gasteiger partial charge >= 0.3 is 0 Å². The molecule has 2 N–H and O–H groups in total. The van der Waals surface area contributed by atoms with E-state index in [1.54, 1.807) is 6.33 Å². The van der Waals surface area contributed by atoms with E-state index in [-0.39, 0.29) is 5.41 Å². The molecule has 0 fully saturated rings. The van der Waals surface area contributed by atoms with Crippen molar-refractivity contribution in [3.05, 3.63) is 11.9 Å². The van der Waals surface area contributed by atoms with Gasteiger partial charge in [-0.3, -0.25) is 0 Å². The molecule has 0 saturated heterocycles. The lowest BCUT2D eigenvalue weighted by molar-refractivity contribution is 0.376. The van der Waals surface area contributed by atoms with E-state index in [0.717, 1.165) is 30.2 Å². The summed E-state index contributed by atoms with van der Waals surface area (Å²) in [7, 11) is 1.87. The van der Waals surface area contributed by atoms with Crippen LogP contribution in [0, 0.1) is 12.3 Å². The summed E-state index contributed by atoms with van der Waals surface area (Å²) in [5.41, 5.74) is 1.36. The Morgan fingerprint density at radius 3 is 2.44 bits per heavy atom. The number of rotatable bonds is 5. The van der Waals surface area contributed by atoms with Crippen LogP contribution in [0.1, 0.15) is 32.8 Å². The van der Waals surface area contributed by atoms with Gasteiger partial charge in [0.05, 0.1) is 0 Å². The van der Waals surface area contributed by atoms with Crippen molar-refractivity contribution >= 4 is 11.6 Å². The lowest BCUT2D eigenvalue weighted by atomic mass is 9.90. The van der Waals surface area contributed by atoms with Crippen LogP contribution in [0.15, 0.2) is 6.33 Å². The molecule has 1 heterocycles. The van der Waals surface area contributed by atoms with Crippen molar-refractivity contribution in [3.63, 3.8) is 0 Å². The summed E-state index contributed by atoms with van der Waals surface area (Å²) in [4.78, 5) is 8.42. The largest absolute Gasteiger partial charge is 0.373 e. The normalized spacial score (nSPS) is 11.3. The summed E-state index contributed by atoms with van der Waals surface area (Å²) in [6.07, 6.45) is 2.73. The van der Waals surface area contributed by atoms with Crippen LogP contribution in [-0.2, 0) is 0 Å². The van der Waals surface area contributed by atoms with E-state index in [9.17, 15) is 0 Å². The first-order chi connectivity index (χ1) is 7.50. The molecule has 0 aliphatic rings. The molecule has 0 atom stereocenters. The van der Waals surface area contributed by atoms with E-state index >= 15 is 0 Å². The van der Waals surface area contributed by atoms with Crippen LogP contribution in [0.25, 0.3) is 0 Å². The second-order valence-corrected chi connectivity index (χ2v) is 4.82. The Morgan fingerprint density at radius 1 is 1.25 bits per heavy atom. The Kier molecular flexibility index (Phi) is 4.10. The Balaban J connectivity index is 2.75. The monoisotopic (exact) mass is 222 g/mol. The fraction of sp³-hybridized carbons (Fsp3) is 0.667. The van der Waals surface area contributed by atoms with Crippen LogP contribution in [0.3, 0.4) is 0 Å². The minimum absolute atomic E-state index is 0.289. The zero-order chi connectivity index (χ0) is 12.2. The topological polar surface area (TPSA) is 49.8 Å². The van der Waals surface area contributed by atoms with E-state index in [1.807, 2.05) is 14.0 Å². The lowest BCUT2D eigenvalue weighted by Crippen LogP contribution is -2.23. The molecular weight excluding hydrogens is 200 g/mol. The molecule has 0 bridgehead atoms. The zero-order valence-electron chi connectivity index (χ0n) is 10.9. The number of nitrogens with one attached hydrogen (secondary N) is 2. The van der Waals surface area contributed by atoms with Gasteiger partial charge in [-0.1, -0.05) is 20.8 Å². The van der Waals surface area contributed by atoms with E-state index in [2.05, 4.69) is 41.4 Å². The third kappa shape index (κ3) is 3.08. The number of hydrogen-bond acceptors (Lipinski definition) is 4. The van der Waals surface area contributed by atoms with Gasteiger partial charge in [0.25, 0.3) is 0 Å². The molecule has 0 aromatic carbocycles. The summed E-state index contributed by atoms with van der Waals surface area (Å²) in [5, 5.41) is 6.44. The van der Waals surface area contributed by atoms with Crippen molar-refractivity contribution in [1.29, 1.82) is 0 Å². The summed E-state index contributed by atoms with van der Waals surface area (Å²) in [6.45, 7) is 9.64. The number of anilines is 2. The van der Waals surface area contributed by atoms with Gasteiger partial charge in [-0.2, -0.15) is 0 Å². The molecule has 90 valence electrons. The first kappa shape index (κ1) is 12.7. The highest BCUT2D eigenvalue weighted by atomic mass is 15.1. The van der Waals surface area contributed by atoms with E-state index in [4.69, 9.17) is 0 Å². The molecule has 0 unspecified atom stereocenters. The summed E-state index contributed by atoms with van der Waals surface area (Å²) in [5.74, 6) is 1.80. The molecule has 1 rings (SSSR count). The van der Waals surface area contributed by atoms with Gasteiger partial charge in [-0.25, -0.2) is 9.97 Å². The van der Waals surface area contributed by atoms with Crippen molar-refractivity contribution in [1.82, 2.24) is 9.97 Å². The van der Waals surface area contributed by atoms with E-state index < -0.39 is 0 Å². The van der Waals surface area contributed by atoms with Crippen molar-refractivity contribution in [2.24, 2.45) is 5.41 Å². The summed E-state index contributed by atoms with van der Waals surface area (Å²) in [6, 6.07) is 0. The predicted molar refractivity (Wildman–Crippen MR) is 68.9 cm³/mol. The van der Waals surface area contributed by atoms with Gasteiger partial charge in [0.1, 0.15) is 18.0 Å². The third-order valence-corrected chi connectivity index (χ3v) is 3.01. The fourth-order valence-electron chi connectivity index (χ4n) is 1.33. The van der Waals surface area contributed by atoms with E-state index in [0.29, 0.717) is 0 Å². The van der Waals surface area contributed by atoms with Gasteiger partial charge < -0.3 is 10.6 Å². The highest BCUT2D eigenvalue weighted by Crippen LogP contribution is 2.22. The molecule has 0 aliphatic carbocycles. The summed E-state index contributed by atoms with van der Waals surface area (Å²) < 4.78 is 0. The Labute approximate surface area is 97.9 Å². The molecule has 16 heavy (non-hydrogen) atoms. The summed E-state index contributed by atoms with van der Waals surface area (Å²) >= 11 is 0. The maximum absolute atomic E-state index is 4.26. The first-order valence-corrected chi connectivity index (χ1v) is 5.73. The van der Waals surface area contributed by atoms with E-state index in [1.165, 1.54) is 0 Å². The van der Waals surface area contributed by atoms with Gasteiger partial charge in [0.2, 0.25) is 0 Å². The fourth-order valence-corrected chi connectivity index (χ4v) is 1.33. The second-order valence-electron chi connectivity index (χ2n) is 4.82. The molecule has 4 heteroatoms. The standard InChI is InChI=1S/C12H22N4/c1-6-12(3,4)7-14-11-9(2)10(13-5)15-8-16-11/h8H,6-7H2,1-5H3,(H2,13,14,15,16). The van der Waals surface area contributed by atoms with Crippen molar-refractivity contribution in [2.45, 2.75) is 34.1 Å². The lowest BCUT2D eigenvalue weighted by Gasteiger charge is -2.23. The van der Waals surface area contributed by atoms with Gasteiger partial charge in [-0.15, -0.1) is 0 Å². The molecule has 0 saturated carbocycles. The Morgan fingerprint density at radius 2 is 1.88 bits per heavy atom. The second kappa shape index (κ2) is 5.14. The maximum atomic E-state index is 4.26. The average Bonchev–Trinajstić information content (AvgIpc) is 2.28. The quantitative estimate of drug-likeness (QED) is 0.804. The minimum Gasteiger partial charge on any atom is -0.373 e. The minimum atomic E-state index is 0.289. The van der Waals surface area contributed by atoms with Crippen LogP contribution in [0.2, 0.25) is 0 Å². The molecule has 0 aliphatic heterocycles. The number of nitrogens with zero attached hydrogens (tertiary/aromatic N) is 2. The number of hydrogen-bond donors (Lipinski definition) is 2. The van der Waals surface area contributed by atoms with Crippen molar-refractivity contribution in [3.8, 4) is 0 Å². The van der Waals surface area contributed by atoms with Crippen LogP contribution in [0.4, 0.5) is 11.6 Å². The van der Waals surface area contributed by atoms with Crippen molar-refractivity contribution < 1.29 is 0 Å². The highest BCUT2D eigenvalue weighted by molar-refractivity contribution is 5.56. The molecule has 4 nitrogen and oxygen atoms in total. The van der Waals surface area contributed by atoms with Crippen LogP contribution in [0.5, 0.6) is 0 Å². The van der Waals surface area contributed by atoms with Crippen LogP contribution in [-0.4, -0.2) is 23.6 Å². The first-order valence-electron chi connectivity index (χ1n) is 5.73. The SMILES string of the molecule is CCC(C)(C)CNc1ncnc(NC)c1C. The number of aromatic nitrogens is 2. The molecule has 0 amide bonds. The average molecular weight is 222 g/mol. The highest BCUT2D eigenvalue weighted by Gasteiger charge is 2.15.